The maximum atomic E-state index is 12.5. The highest BCUT2D eigenvalue weighted by atomic mass is 32.2. The summed E-state index contributed by atoms with van der Waals surface area (Å²) in [6, 6.07) is 0. The molecule has 1 fully saturated rings. The van der Waals surface area contributed by atoms with Gasteiger partial charge in [0.2, 0.25) is 5.91 Å². The second-order valence-electron chi connectivity index (χ2n) is 7.33. The Morgan fingerprint density at radius 2 is 1.71 bits per heavy atom. The van der Waals surface area contributed by atoms with Crippen molar-refractivity contribution in [3.8, 4) is 0 Å². The summed E-state index contributed by atoms with van der Waals surface area (Å²) in [5, 5.41) is 2.78. The monoisotopic (exact) mass is 319 g/mol. The van der Waals surface area contributed by atoms with Gasteiger partial charge in [-0.05, 0) is 39.0 Å². The number of nitrogens with one attached hydrogen (secondary N) is 1. The van der Waals surface area contributed by atoms with Gasteiger partial charge in [0.1, 0.15) is 0 Å². The third-order valence-electron chi connectivity index (χ3n) is 3.44. The van der Waals surface area contributed by atoms with Crippen molar-refractivity contribution in [1.82, 2.24) is 13.9 Å². The van der Waals surface area contributed by atoms with Crippen molar-refractivity contribution in [3.05, 3.63) is 0 Å². The number of hydrogen-bond donors (Lipinski definition) is 1. The van der Waals surface area contributed by atoms with Crippen LogP contribution >= 0.6 is 0 Å². The Morgan fingerprint density at radius 1 is 1.24 bits per heavy atom. The summed E-state index contributed by atoms with van der Waals surface area (Å²) in [6.45, 7) is 10.6. The Bertz CT molecular complexity index is 460. The van der Waals surface area contributed by atoms with Crippen molar-refractivity contribution >= 4 is 16.1 Å². The van der Waals surface area contributed by atoms with Crippen LogP contribution in [0.1, 0.15) is 41.0 Å². The SMILES string of the molecule is C[C@@H]1C[C@@H](C)CN(S(=O)(=O)N(C)CC(=O)NC(C)(C)C)C1. The molecule has 1 rings (SSSR count). The predicted octanol–water partition coefficient (Wildman–Crippen LogP) is 1.06. The molecule has 1 N–H and O–H groups in total. The van der Waals surface area contributed by atoms with E-state index in [-0.39, 0.29) is 18.0 Å². The van der Waals surface area contributed by atoms with Crippen LogP contribution in [-0.2, 0) is 15.0 Å². The van der Waals surface area contributed by atoms with E-state index < -0.39 is 10.2 Å². The van der Waals surface area contributed by atoms with Crippen LogP contribution in [0.25, 0.3) is 0 Å². The van der Waals surface area contributed by atoms with Crippen LogP contribution in [0.3, 0.4) is 0 Å². The zero-order valence-electron chi connectivity index (χ0n) is 14.0. The number of amides is 1. The van der Waals surface area contributed by atoms with Crippen LogP contribution in [0.5, 0.6) is 0 Å². The van der Waals surface area contributed by atoms with Crippen LogP contribution in [0.15, 0.2) is 0 Å². The molecular formula is C14H29N3O3S. The molecule has 1 heterocycles. The Kier molecular flexibility index (Phi) is 5.80. The minimum Gasteiger partial charge on any atom is -0.350 e. The van der Waals surface area contributed by atoms with Crippen LogP contribution in [0.2, 0.25) is 0 Å². The standard InChI is InChI=1S/C14H29N3O3S/c1-11-7-12(2)9-17(8-11)21(19,20)16(6)10-13(18)15-14(3,4)5/h11-12H,7-10H2,1-6H3,(H,15,18)/t11-,12-/m1/s1. The lowest BCUT2D eigenvalue weighted by Gasteiger charge is -2.36. The molecule has 7 heteroatoms. The molecule has 1 aliphatic rings. The van der Waals surface area contributed by atoms with Crippen LogP contribution in [0, 0.1) is 11.8 Å². The zero-order chi connectivity index (χ0) is 16.4. The lowest BCUT2D eigenvalue weighted by molar-refractivity contribution is -0.122. The van der Waals surface area contributed by atoms with Crippen molar-refractivity contribution in [2.24, 2.45) is 11.8 Å². The van der Waals surface area contributed by atoms with Crippen molar-refractivity contribution in [2.75, 3.05) is 26.7 Å². The predicted molar refractivity (Wildman–Crippen MR) is 84.0 cm³/mol. The summed E-state index contributed by atoms with van der Waals surface area (Å²) >= 11 is 0. The van der Waals surface area contributed by atoms with E-state index in [4.69, 9.17) is 0 Å². The van der Waals surface area contributed by atoms with E-state index in [1.54, 1.807) is 0 Å². The molecule has 21 heavy (non-hydrogen) atoms. The lowest BCUT2D eigenvalue weighted by Crippen LogP contribution is -2.52. The largest absolute Gasteiger partial charge is 0.350 e. The summed E-state index contributed by atoms with van der Waals surface area (Å²) in [5.41, 5.74) is -0.365. The minimum atomic E-state index is -3.57. The maximum Gasteiger partial charge on any atom is 0.282 e. The van der Waals surface area contributed by atoms with Crippen molar-refractivity contribution in [1.29, 1.82) is 0 Å². The quantitative estimate of drug-likeness (QED) is 0.842. The molecular weight excluding hydrogens is 290 g/mol. The lowest BCUT2D eigenvalue weighted by atomic mass is 9.94. The third kappa shape index (κ3) is 5.56. The van der Waals surface area contributed by atoms with E-state index in [1.807, 2.05) is 20.8 Å². The Hall–Kier alpha value is -0.660. The number of rotatable bonds is 4. The van der Waals surface area contributed by atoms with Crippen LogP contribution in [-0.4, -0.2) is 55.2 Å². The molecule has 0 radical (unpaired) electrons. The van der Waals surface area contributed by atoms with Gasteiger partial charge in [-0.25, -0.2) is 0 Å². The van der Waals surface area contributed by atoms with Gasteiger partial charge in [0, 0.05) is 25.7 Å². The first kappa shape index (κ1) is 18.4. The van der Waals surface area contributed by atoms with E-state index in [1.165, 1.54) is 11.4 Å². The minimum absolute atomic E-state index is 0.154. The first-order valence-electron chi connectivity index (χ1n) is 7.44. The average Bonchev–Trinajstić information content (AvgIpc) is 2.24. The molecule has 0 aromatic rings. The number of hydrogen-bond acceptors (Lipinski definition) is 3. The number of piperidine rings is 1. The Labute approximate surface area is 129 Å². The molecule has 1 aliphatic heterocycles. The van der Waals surface area contributed by atoms with E-state index in [0.717, 1.165) is 10.7 Å². The Balaban J connectivity index is 2.71. The van der Waals surface area contributed by atoms with Gasteiger partial charge in [0.25, 0.3) is 10.2 Å². The first-order chi connectivity index (χ1) is 9.41. The summed E-state index contributed by atoms with van der Waals surface area (Å²) in [4.78, 5) is 11.9. The van der Waals surface area contributed by atoms with Crippen LogP contribution in [0.4, 0.5) is 0 Å². The van der Waals surface area contributed by atoms with E-state index in [0.29, 0.717) is 24.9 Å². The smallest absolute Gasteiger partial charge is 0.282 e. The van der Waals surface area contributed by atoms with Gasteiger partial charge >= 0.3 is 0 Å². The number of carbonyl (C=O) groups excluding carboxylic acids is 1. The van der Waals surface area contributed by atoms with E-state index >= 15 is 0 Å². The summed E-state index contributed by atoms with van der Waals surface area (Å²) in [6.07, 6.45) is 1.04. The summed E-state index contributed by atoms with van der Waals surface area (Å²) in [5.74, 6) is 0.410. The fraction of sp³-hybridized carbons (Fsp3) is 0.929. The number of nitrogens with zero attached hydrogens (tertiary/aromatic N) is 2. The Morgan fingerprint density at radius 3 is 2.14 bits per heavy atom. The van der Waals surface area contributed by atoms with Crippen LogP contribution < -0.4 is 5.32 Å². The molecule has 1 amide bonds. The van der Waals surface area contributed by atoms with Gasteiger partial charge in [0.15, 0.2) is 0 Å². The second-order valence-corrected chi connectivity index (χ2v) is 9.36. The van der Waals surface area contributed by atoms with Gasteiger partial charge in [-0.2, -0.15) is 17.0 Å². The maximum absolute atomic E-state index is 12.5. The average molecular weight is 319 g/mol. The van der Waals surface area contributed by atoms with Gasteiger partial charge in [-0.1, -0.05) is 13.8 Å². The topological polar surface area (TPSA) is 69.7 Å². The molecule has 1 saturated heterocycles. The number of carbonyl (C=O) groups is 1. The van der Waals surface area contributed by atoms with E-state index in [2.05, 4.69) is 19.2 Å². The second kappa shape index (κ2) is 6.62. The molecule has 0 aromatic heterocycles. The van der Waals surface area contributed by atoms with Crippen molar-refractivity contribution in [2.45, 2.75) is 46.6 Å². The fourth-order valence-corrected chi connectivity index (χ4v) is 4.29. The van der Waals surface area contributed by atoms with Gasteiger partial charge in [-0.15, -0.1) is 0 Å². The van der Waals surface area contributed by atoms with Gasteiger partial charge in [0.05, 0.1) is 6.54 Å². The zero-order valence-corrected chi connectivity index (χ0v) is 14.8. The van der Waals surface area contributed by atoms with Gasteiger partial charge in [-0.3, -0.25) is 4.79 Å². The molecule has 0 aliphatic carbocycles. The molecule has 0 aromatic carbocycles. The summed E-state index contributed by atoms with van der Waals surface area (Å²) < 4.78 is 27.7. The first-order valence-corrected chi connectivity index (χ1v) is 8.84. The van der Waals surface area contributed by atoms with Crippen molar-refractivity contribution < 1.29 is 13.2 Å². The summed E-state index contributed by atoms with van der Waals surface area (Å²) in [7, 11) is -2.11. The molecule has 124 valence electrons. The highest BCUT2D eigenvalue weighted by molar-refractivity contribution is 7.86. The molecule has 0 unspecified atom stereocenters. The fourth-order valence-electron chi connectivity index (χ4n) is 2.73. The molecule has 0 spiro atoms. The molecule has 0 bridgehead atoms. The highest BCUT2D eigenvalue weighted by Crippen LogP contribution is 2.24. The molecule has 2 atom stereocenters. The van der Waals surface area contributed by atoms with Gasteiger partial charge < -0.3 is 5.32 Å². The normalized spacial score (nSPS) is 25.1. The molecule has 0 saturated carbocycles. The molecule has 6 nitrogen and oxygen atoms in total. The third-order valence-corrected chi connectivity index (χ3v) is 5.30. The van der Waals surface area contributed by atoms with Crippen molar-refractivity contribution in [3.63, 3.8) is 0 Å². The highest BCUT2D eigenvalue weighted by Gasteiger charge is 2.34. The van der Waals surface area contributed by atoms with E-state index in [9.17, 15) is 13.2 Å². The number of likely N-dealkylation sites (N-methyl/N-ethyl adjacent to an activating group) is 1.